The van der Waals surface area contributed by atoms with E-state index in [2.05, 4.69) is 10.4 Å². The molecule has 0 saturated carbocycles. The summed E-state index contributed by atoms with van der Waals surface area (Å²) >= 11 is 0. The van der Waals surface area contributed by atoms with Crippen molar-refractivity contribution in [3.8, 4) is 0 Å². The Kier molecular flexibility index (Phi) is 5.13. The average Bonchev–Trinajstić information content (AvgIpc) is 2.31. The van der Waals surface area contributed by atoms with Gasteiger partial charge in [-0.05, 0) is 18.1 Å². The van der Waals surface area contributed by atoms with Crippen LogP contribution >= 0.6 is 0 Å². The number of hydrogen-bond acceptors (Lipinski definition) is 6. The summed E-state index contributed by atoms with van der Waals surface area (Å²) in [5, 5.41) is 0. The maximum atomic E-state index is 5.75. The van der Waals surface area contributed by atoms with Crippen molar-refractivity contribution >= 4 is 5.82 Å². The first-order chi connectivity index (χ1) is 7.72. The Balaban J connectivity index is 2.73. The fraction of sp³-hybridized carbons (Fsp3) is 0.500. The smallest absolute Gasteiger partial charge is 0.173 e. The van der Waals surface area contributed by atoms with Crippen LogP contribution in [0.3, 0.4) is 0 Å². The van der Waals surface area contributed by atoms with Crippen molar-refractivity contribution in [1.29, 1.82) is 0 Å². The van der Waals surface area contributed by atoms with E-state index in [1.807, 2.05) is 12.1 Å². The van der Waals surface area contributed by atoms with Gasteiger partial charge in [0.1, 0.15) is 5.82 Å². The number of nitrogens with two attached hydrogens (primary N) is 2. The second-order valence-electron chi connectivity index (χ2n) is 3.36. The molecule has 6 heteroatoms. The van der Waals surface area contributed by atoms with Gasteiger partial charge in [0.25, 0.3) is 0 Å². The highest BCUT2D eigenvalue weighted by Crippen LogP contribution is 2.12. The van der Waals surface area contributed by atoms with E-state index in [0.29, 0.717) is 12.2 Å². The number of methoxy groups -OCH3 is 2. The maximum Gasteiger partial charge on any atom is 0.173 e. The number of hydrazine groups is 1. The standard InChI is InChI=1S/C10H18N4O2/c1-15-10(16-2)8(14-12)6-7-4-3-5-13-9(7)11/h3-5,8,10,14H,6,12H2,1-2H3,(H2,11,13). The Morgan fingerprint density at radius 3 is 2.62 bits per heavy atom. The summed E-state index contributed by atoms with van der Waals surface area (Å²) in [6.45, 7) is 0. The van der Waals surface area contributed by atoms with Crippen LogP contribution in [0.25, 0.3) is 0 Å². The molecule has 0 fully saturated rings. The molecule has 0 aliphatic rings. The van der Waals surface area contributed by atoms with Gasteiger partial charge < -0.3 is 15.2 Å². The Hall–Kier alpha value is -1.21. The van der Waals surface area contributed by atoms with E-state index < -0.39 is 6.29 Å². The Bertz CT molecular complexity index is 317. The van der Waals surface area contributed by atoms with E-state index in [4.69, 9.17) is 21.1 Å². The fourth-order valence-corrected chi connectivity index (χ4v) is 1.52. The van der Waals surface area contributed by atoms with Crippen molar-refractivity contribution in [1.82, 2.24) is 10.4 Å². The van der Waals surface area contributed by atoms with Crippen LogP contribution in [-0.4, -0.2) is 31.5 Å². The number of ether oxygens (including phenoxy) is 2. The maximum absolute atomic E-state index is 5.75. The van der Waals surface area contributed by atoms with Crippen LogP contribution in [0.5, 0.6) is 0 Å². The van der Waals surface area contributed by atoms with E-state index in [-0.39, 0.29) is 6.04 Å². The molecule has 0 aromatic carbocycles. The van der Waals surface area contributed by atoms with Gasteiger partial charge in [-0.1, -0.05) is 6.07 Å². The zero-order valence-corrected chi connectivity index (χ0v) is 9.51. The SMILES string of the molecule is COC(OC)C(Cc1cccnc1N)NN. The summed E-state index contributed by atoms with van der Waals surface area (Å²) in [7, 11) is 3.12. The highest BCUT2D eigenvalue weighted by molar-refractivity contribution is 5.38. The molecule has 16 heavy (non-hydrogen) atoms. The summed E-state index contributed by atoms with van der Waals surface area (Å²) in [4.78, 5) is 4.01. The first kappa shape index (κ1) is 12.9. The lowest BCUT2D eigenvalue weighted by molar-refractivity contribution is -0.122. The fourth-order valence-electron chi connectivity index (χ4n) is 1.52. The van der Waals surface area contributed by atoms with E-state index in [1.165, 1.54) is 0 Å². The Labute approximate surface area is 94.9 Å². The van der Waals surface area contributed by atoms with Crippen LogP contribution in [-0.2, 0) is 15.9 Å². The molecule has 0 bridgehead atoms. The molecule has 5 N–H and O–H groups in total. The van der Waals surface area contributed by atoms with E-state index in [9.17, 15) is 0 Å². The first-order valence-electron chi connectivity index (χ1n) is 4.94. The minimum absolute atomic E-state index is 0.179. The zero-order valence-electron chi connectivity index (χ0n) is 9.51. The molecule has 0 spiro atoms. The lowest BCUT2D eigenvalue weighted by atomic mass is 10.1. The number of anilines is 1. The van der Waals surface area contributed by atoms with E-state index >= 15 is 0 Å². The third-order valence-corrected chi connectivity index (χ3v) is 2.37. The van der Waals surface area contributed by atoms with Crippen LogP contribution < -0.4 is 17.0 Å². The van der Waals surface area contributed by atoms with Gasteiger partial charge in [0, 0.05) is 20.4 Å². The third-order valence-electron chi connectivity index (χ3n) is 2.37. The van der Waals surface area contributed by atoms with Gasteiger partial charge in [-0.25, -0.2) is 4.98 Å². The van der Waals surface area contributed by atoms with Gasteiger partial charge in [0.15, 0.2) is 6.29 Å². The molecule has 0 aliphatic heterocycles. The van der Waals surface area contributed by atoms with Gasteiger partial charge in [-0.3, -0.25) is 11.3 Å². The minimum atomic E-state index is -0.426. The number of aromatic nitrogens is 1. The summed E-state index contributed by atoms with van der Waals surface area (Å²) in [5.74, 6) is 5.95. The van der Waals surface area contributed by atoms with Gasteiger partial charge in [-0.15, -0.1) is 0 Å². The summed E-state index contributed by atoms with van der Waals surface area (Å²) in [5.41, 5.74) is 9.30. The van der Waals surface area contributed by atoms with Crippen molar-refractivity contribution < 1.29 is 9.47 Å². The molecule has 90 valence electrons. The van der Waals surface area contributed by atoms with Crippen LogP contribution in [0.15, 0.2) is 18.3 Å². The number of nitrogens with one attached hydrogen (secondary N) is 1. The number of nitrogen functional groups attached to an aromatic ring is 1. The molecule has 0 radical (unpaired) electrons. The topological polar surface area (TPSA) is 95.4 Å². The normalized spacial score (nSPS) is 13.0. The molecule has 0 aliphatic carbocycles. The molecule has 1 atom stereocenters. The number of nitrogens with zero attached hydrogens (tertiary/aromatic N) is 1. The van der Waals surface area contributed by atoms with Crippen LogP contribution in [0.1, 0.15) is 5.56 Å². The number of pyridine rings is 1. The Morgan fingerprint density at radius 1 is 1.44 bits per heavy atom. The van der Waals surface area contributed by atoms with Gasteiger partial charge in [-0.2, -0.15) is 0 Å². The third kappa shape index (κ3) is 3.14. The van der Waals surface area contributed by atoms with Crippen molar-refractivity contribution in [2.75, 3.05) is 20.0 Å². The van der Waals surface area contributed by atoms with Gasteiger partial charge in [0.2, 0.25) is 0 Å². The summed E-state index contributed by atoms with van der Waals surface area (Å²) in [6, 6.07) is 3.55. The highest BCUT2D eigenvalue weighted by atomic mass is 16.7. The predicted molar refractivity (Wildman–Crippen MR) is 61.3 cm³/mol. The lowest BCUT2D eigenvalue weighted by Crippen LogP contribution is -2.47. The largest absolute Gasteiger partial charge is 0.383 e. The van der Waals surface area contributed by atoms with Gasteiger partial charge in [0.05, 0.1) is 6.04 Å². The number of rotatable bonds is 6. The zero-order chi connectivity index (χ0) is 12.0. The first-order valence-corrected chi connectivity index (χ1v) is 4.94. The average molecular weight is 226 g/mol. The molecule has 1 aromatic rings. The molecule has 1 unspecified atom stereocenters. The predicted octanol–water partition coefficient (Wildman–Crippen LogP) is -0.343. The van der Waals surface area contributed by atoms with Crippen molar-refractivity contribution in [3.05, 3.63) is 23.9 Å². The molecule has 0 saturated heterocycles. The molecule has 1 rings (SSSR count). The minimum Gasteiger partial charge on any atom is -0.383 e. The van der Waals surface area contributed by atoms with Crippen LogP contribution in [0.2, 0.25) is 0 Å². The summed E-state index contributed by atoms with van der Waals surface area (Å²) in [6.07, 6.45) is 1.81. The monoisotopic (exact) mass is 226 g/mol. The van der Waals surface area contributed by atoms with Crippen molar-refractivity contribution in [2.24, 2.45) is 5.84 Å². The highest BCUT2D eigenvalue weighted by Gasteiger charge is 2.20. The molecule has 0 amide bonds. The van der Waals surface area contributed by atoms with E-state index in [0.717, 1.165) is 5.56 Å². The molecular weight excluding hydrogens is 208 g/mol. The molecule has 1 heterocycles. The Morgan fingerprint density at radius 2 is 2.12 bits per heavy atom. The van der Waals surface area contributed by atoms with Crippen molar-refractivity contribution in [2.45, 2.75) is 18.8 Å². The lowest BCUT2D eigenvalue weighted by Gasteiger charge is -2.24. The molecular formula is C10H18N4O2. The van der Waals surface area contributed by atoms with Crippen molar-refractivity contribution in [3.63, 3.8) is 0 Å². The quantitative estimate of drug-likeness (QED) is 0.349. The van der Waals surface area contributed by atoms with Crippen LogP contribution in [0, 0.1) is 0 Å². The molecule has 1 aromatic heterocycles. The van der Waals surface area contributed by atoms with Gasteiger partial charge >= 0.3 is 0 Å². The second kappa shape index (κ2) is 6.39. The van der Waals surface area contributed by atoms with Crippen LogP contribution in [0.4, 0.5) is 5.82 Å². The number of hydrogen-bond donors (Lipinski definition) is 3. The second-order valence-corrected chi connectivity index (χ2v) is 3.36. The molecule has 6 nitrogen and oxygen atoms in total. The summed E-state index contributed by atoms with van der Waals surface area (Å²) < 4.78 is 10.3. The van der Waals surface area contributed by atoms with E-state index in [1.54, 1.807) is 20.4 Å².